The normalized spacial score (nSPS) is 10.8. The lowest BCUT2D eigenvalue weighted by atomic mass is 10.2. The highest BCUT2D eigenvalue weighted by Crippen LogP contribution is 2.31. The molecule has 21 heavy (non-hydrogen) atoms. The molecule has 5 heteroatoms. The molecule has 0 aliphatic carbocycles. The minimum atomic E-state index is -1.04. The molecule has 0 atom stereocenters. The molecular formula is C16H14N2O3. The van der Waals surface area contributed by atoms with Crippen LogP contribution in [0.2, 0.25) is 0 Å². The van der Waals surface area contributed by atoms with Crippen LogP contribution in [0.5, 0.6) is 5.75 Å². The molecule has 0 fully saturated rings. The second-order valence-electron chi connectivity index (χ2n) is 4.70. The summed E-state index contributed by atoms with van der Waals surface area (Å²) in [5.41, 5.74) is 2.27. The van der Waals surface area contributed by atoms with Crippen molar-refractivity contribution in [2.45, 2.75) is 6.92 Å². The Bertz CT molecular complexity index is 837. The van der Waals surface area contributed by atoms with Gasteiger partial charge in [0.25, 0.3) is 0 Å². The Morgan fingerprint density at radius 1 is 1.24 bits per heavy atom. The quantitative estimate of drug-likeness (QED) is 0.802. The largest absolute Gasteiger partial charge is 0.496 e. The Morgan fingerprint density at radius 3 is 2.71 bits per heavy atom. The van der Waals surface area contributed by atoms with Crippen molar-refractivity contribution in [3.8, 4) is 17.1 Å². The number of methoxy groups -OCH3 is 1. The first-order valence-electron chi connectivity index (χ1n) is 6.48. The van der Waals surface area contributed by atoms with Crippen molar-refractivity contribution in [2.75, 3.05) is 7.11 Å². The van der Waals surface area contributed by atoms with Gasteiger partial charge in [-0.1, -0.05) is 18.2 Å². The van der Waals surface area contributed by atoms with Crippen LogP contribution in [-0.4, -0.2) is 27.6 Å². The minimum Gasteiger partial charge on any atom is -0.496 e. The van der Waals surface area contributed by atoms with Crippen molar-refractivity contribution in [3.05, 3.63) is 53.9 Å². The van der Waals surface area contributed by atoms with Gasteiger partial charge in [0.15, 0.2) is 5.69 Å². The van der Waals surface area contributed by atoms with E-state index in [9.17, 15) is 9.90 Å². The number of pyridine rings is 1. The summed E-state index contributed by atoms with van der Waals surface area (Å²) in [7, 11) is 1.58. The molecule has 2 aromatic heterocycles. The highest BCUT2D eigenvalue weighted by atomic mass is 16.5. The highest BCUT2D eigenvalue weighted by molar-refractivity contribution is 5.96. The van der Waals surface area contributed by atoms with Crippen molar-refractivity contribution in [1.29, 1.82) is 0 Å². The van der Waals surface area contributed by atoms with Gasteiger partial charge in [0.2, 0.25) is 0 Å². The average molecular weight is 282 g/mol. The van der Waals surface area contributed by atoms with Gasteiger partial charge in [0.05, 0.1) is 18.2 Å². The molecule has 0 spiro atoms. The fourth-order valence-electron chi connectivity index (χ4n) is 2.48. The third-order valence-electron chi connectivity index (χ3n) is 3.42. The maximum atomic E-state index is 11.5. The van der Waals surface area contributed by atoms with Crippen LogP contribution in [-0.2, 0) is 0 Å². The fourth-order valence-corrected chi connectivity index (χ4v) is 2.48. The number of benzene rings is 1. The number of aryl methyl sites for hydroxylation is 1. The summed E-state index contributed by atoms with van der Waals surface area (Å²) in [5.74, 6) is 0.175. The predicted octanol–water partition coefficient (Wildman–Crippen LogP) is 3.02. The summed E-state index contributed by atoms with van der Waals surface area (Å²) < 4.78 is 7.14. The lowest BCUT2D eigenvalue weighted by molar-refractivity contribution is 0.0693. The lowest BCUT2D eigenvalue weighted by Crippen LogP contribution is -1.98. The number of hydrogen-bond acceptors (Lipinski definition) is 3. The van der Waals surface area contributed by atoms with E-state index in [1.54, 1.807) is 11.5 Å². The van der Waals surface area contributed by atoms with Gasteiger partial charge in [0.1, 0.15) is 11.6 Å². The molecule has 3 aromatic rings. The number of para-hydroxylation sites is 1. The van der Waals surface area contributed by atoms with Crippen LogP contribution >= 0.6 is 0 Å². The third-order valence-corrected chi connectivity index (χ3v) is 3.42. The maximum absolute atomic E-state index is 11.5. The van der Waals surface area contributed by atoms with E-state index in [0.717, 1.165) is 11.1 Å². The Kier molecular flexibility index (Phi) is 3.10. The van der Waals surface area contributed by atoms with E-state index in [4.69, 9.17) is 4.74 Å². The summed E-state index contributed by atoms with van der Waals surface area (Å²) in [4.78, 5) is 15.8. The monoisotopic (exact) mass is 282 g/mol. The number of carboxylic acids is 1. The number of nitrogens with zero attached hydrogens (tertiary/aromatic N) is 2. The number of hydrogen-bond donors (Lipinski definition) is 1. The molecular weight excluding hydrogens is 268 g/mol. The maximum Gasteiger partial charge on any atom is 0.356 e. The molecule has 0 saturated heterocycles. The van der Waals surface area contributed by atoms with Crippen molar-refractivity contribution < 1.29 is 14.6 Å². The van der Waals surface area contributed by atoms with Gasteiger partial charge in [0, 0.05) is 6.20 Å². The third kappa shape index (κ3) is 2.03. The van der Waals surface area contributed by atoms with Gasteiger partial charge >= 0.3 is 5.97 Å². The SMILES string of the molecule is COc1ccccc1-c1nc(C(=O)O)c2c(C)cccn12. The van der Waals surface area contributed by atoms with Crippen LogP contribution < -0.4 is 4.74 Å². The second kappa shape index (κ2) is 4.94. The number of fused-ring (bicyclic) bond motifs is 1. The van der Waals surface area contributed by atoms with E-state index < -0.39 is 5.97 Å². The summed E-state index contributed by atoms with van der Waals surface area (Å²) in [6.45, 7) is 1.87. The molecule has 0 aliphatic heterocycles. The molecule has 3 rings (SSSR count). The first-order valence-corrected chi connectivity index (χ1v) is 6.48. The molecule has 1 N–H and O–H groups in total. The van der Waals surface area contributed by atoms with Gasteiger partial charge in [-0.05, 0) is 30.7 Å². The van der Waals surface area contributed by atoms with E-state index in [1.165, 1.54) is 0 Å². The number of rotatable bonds is 3. The van der Waals surface area contributed by atoms with Crippen LogP contribution in [0.1, 0.15) is 16.1 Å². The Labute approximate surface area is 121 Å². The van der Waals surface area contributed by atoms with Crippen LogP contribution in [0, 0.1) is 6.92 Å². The smallest absolute Gasteiger partial charge is 0.356 e. The van der Waals surface area contributed by atoms with Gasteiger partial charge in [-0.15, -0.1) is 0 Å². The molecule has 1 aromatic carbocycles. The van der Waals surface area contributed by atoms with Crippen molar-refractivity contribution in [2.24, 2.45) is 0 Å². The molecule has 0 bridgehead atoms. The highest BCUT2D eigenvalue weighted by Gasteiger charge is 2.20. The minimum absolute atomic E-state index is 0.0500. The van der Waals surface area contributed by atoms with Crippen molar-refractivity contribution in [1.82, 2.24) is 9.38 Å². The Hall–Kier alpha value is -2.82. The van der Waals surface area contributed by atoms with Crippen molar-refractivity contribution >= 4 is 11.5 Å². The van der Waals surface area contributed by atoms with E-state index in [2.05, 4.69) is 4.98 Å². The summed E-state index contributed by atoms with van der Waals surface area (Å²) in [6.07, 6.45) is 1.81. The molecule has 106 valence electrons. The molecule has 5 nitrogen and oxygen atoms in total. The van der Waals surface area contributed by atoms with Crippen LogP contribution in [0.25, 0.3) is 16.9 Å². The first kappa shape index (κ1) is 13.2. The van der Waals surface area contributed by atoms with Crippen LogP contribution in [0.3, 0.4) is 0 Å². The molecule has 0 unspecified atom stereocenters. The van der Waals surface area contributed by atoms with Gasteiger partial charge < -0.3 is 9.84 Å². The average Bonchev–Trinajstić information content (AvgIpc) is 2.88. The molecule has 2 heterocycles. The fraction of sp³-hybridized carbons (Fsp3) is 0.125. The van der Waals surface area contributed by atoms with Crippen LogP contribution in [0.4, 0.5) is 0 Å². The standard InChI is InChI=1S/C16H14N2O3/c1-10-6-5-9-18-14(10)13(16(19)20)17-15(18)11-7-3-4-8-12(11)21-2/h3-9H,1-2H3,(H,19,20). The zero-order valence-electron chi connectivity index (χ0n) is 11.7. The summed E-state index contributed by atoms with van der Waals surface area (Å²) in [6, 6.07) is 11.2. The summed E-state index contributed by atoms with van der Waals surface area (Å²) >= 11 is 0. The van der Waals surface area contributed by atoms with Gasteiger partial charge in [-0.2, -0.15) is 0 Å². The van der Waals surface area contributed by atoms with Gasteiger partial charge in [-0.25, -0.2) is 9.78 Å². The molecule has 0 aliphatic rings. The topological polar surface area (TPSA) is 63.8 Å². The number of carbonyl (C=O) groups is 1. The number of imidazole rings is 1. The van der Waals surface area contributed by atoms with Crippen molar-refractivity contribution in [3.63, 3.8) is 0 Å². The van der Waals surface area contributed by atoms with E-state index in [0.29, 0.717) is 17.1 Å². The summed E-state index contributed by atoms with van der Waals surface area (Å²) in [5, 5.41) is 9.39. The second-order valence-corrected chi connectivity index (χ2v) is 4.70. The van der Waals surface area contributed by atoms with Crippen LogP contribution in [0.15, 0.2) is 42.6 Å². The Balaban J connectivity index is 2.39. The molecule has 0 saturated carbocycles. The lowest BCUT2D eigenvalue weighted by Gasteiger charge is -2.07. The Morgan fingerprint density at radius 2 is 2.00 bits per heavy atom. The zero-order chi connectivity index (χ0) is 15.0. The number of aromatic nitrogens is 2. The molecule has 0 amide bonds. The zero-order valence-corrected chi connectivity index (χ0v) is 11.7. The first-order chi connectivity index (χ1) is 10.1. The number of carboxylic acid groups (broad SMARTS) is 1. The number of ether oxygens (including phenoxy) is 1. The van der Waals surface area contributed by atoms with E-state index in [1.807, 2.05) is 49.5 Å². The van der Waals surface area contributed by atoms with E-state index in [-0.39, 0.29) is 5.69 Å². The number of aromatic carboxylic acids is 1. The van der Waals surface area contributed by atoms with Gasteiger partial charge in [-0.3, -0.25) is 4.40 Å². The molecule has 0 radical (unpaired) electrons. The van der Waals surface area contributed by atoms with E-state index >= 15 is 0 Å². The predicted molar refractivity (Wildman–Crippen MR) is 78.9 cm³/mol.